The van der Waals surface area contributed by atoms with Crippen LogP contribution in [0.2, 0.25) is 0 Å². The molecule has 4 rings (SSSR count). The maximum atomic E-state index is 14.8. The number of hydrogen-bond acceptors (Lipinski definition) is 7. The number of amides is 2. The summed E-state index contributed by atoms with van der Waals surface area (Å²) in [4.78, 5) is 32.3. The van der Waals surface area contributed by atoms with Crippen molar-refractivity contribution in [1.82, 2.24) is 15.3 Å². The Balaban J connectivity index is 1.65. The molecule has 0 aliphatic carbocycles. The van der Waals surface area contributed by atoms with Crippen molar-refractivity contribution in [2.75, 3.05) is 12.4 Å². The SMILES string of the molecule is COc1ccc(F)c(-c2nc(C(=O)Nc3cnccc3[C@H]3C[C@@H](NC(=O)O)[C@](C)(O)[C@@H](C)O3)ccc2F)c1F. The van der Waals surface area contributed by atoms with E-state index in [0.717, 1.165) is 31.4 Å². The first-order valence-corrected chi connectivity index (χ1v) is 11.8. The highest BCUT2D eigenvalue weighted by Gasteiger charge is 2.46. The smallest absolute Gasteiger partial charge is 0.404 e. The topological polar surface area (TPSA) is 143 Å². The summed E-state index contributed by atoms with van der Waals surface area (Å²) in [6.45, 7) is 3.04. The summed E-state index contributed by atoms with van der Waals surface area (Å²) >= 11 is 0. The zero-order valence-corrected chi connectivity index (χ0v) is 21.0. The molecule has 4 N–H and O–H groups in total. The lowest BCUT2D eigenvalue weighted by molar-refractivity contribution is -0.176. The van der Waals surface area contributed by atoms with E-state index in [0.29, 0.717) is 5.56 Å². The maximum absolute atomic E-state index is 14.8. The van der Waals surface area contributed by atoms with Crippen LogP contribution in [0, 0.1) is 17.5 Å². The molecule has 3 heterocycles. The fourth-order valence-electron chi connectivity index (χ4n) is 4.36. The molecule has 0 saturated carbocycles. The van der Waals surface area contributed by atoms with Crippen LogP contribution < -0.4 is 15.4 Å². The minimum atomic E-state index is -1.51. The third-order valence-corrected chi connectivity index (χ3v) is 6.69. The largest absolute Gasteiger partial charge is 0.494 e. The van der Waals surface area contributed by atoms with Gasteiger partial charge in [0.05, 0.1) is 42.8 Å². The molecule has 2 amide bonds. The summed E-state index contributed by atoms with van der Waals surface area (Å²) in [5, 5.41) is 24.9. The summed E-state index contributed by atoms with van der Waals surface area (Å²) in [5.74, 6) is -4.52. The van der Waals surface area contributed by atoms with Crippen LogP contribution in [0.1, 0.15) is 42.4 Å². The molecule has 1 aliphatic heterocycles. The standard InChI is InChI=1S/C26H25F3N4O6/c1-12-26(2,37)20(33-25(35)36)10-19(39-12)13-8-9-30-11-17(13)32-24(34)16-6-4-15(28)23(31-16)21-14(27)5-7-18(38-3)22(21)29/h4-9,11-12,19-20,33,37H,10H2,1-3H3,(H,32,34)(H,35,36)/t12-,19-,20-,26-/m1/s1. The van der Waals surface area contributed by atoms with Crippen LogP contribution in [-0.4, -0.2) is 57.0 Å². The summed E-state index contributed by atoms with van der Waals surface area (Å²) in [5.41, 5.74) is -2.79. The van der Waals surface area contributed by atoms with E-state index in [1.807, 2.05) is 0 Å². The normalized spacial score (nSPS) is 22.7. The predicted molar refractivity (Wildman–Crippen MR) is 132 cm³/mol. The Kier molecular flexibility index (Phi) is 7.74. The van der Waals surface area contributed by atoms with Crippen LogP contribution in [-0.2, 0) is 4.74 Å². The molecule has 206 valence electrons. The first-order chi connectivity index (χ1) is 18.4. The predicted octanol–water partition coefficient (Wildman–Crippen LogP) is 4.06. The third-order valence-electron chi connectivity index (χ3n) is 6.69. The average molecular weight is 547 g/mol. The number of pyridine rings is 2. The van der Waals surface area contributed by atoms with Crippen molar-refractivity contribution in [3.05, 3.63) is 71.4 Å². The zero-order chi connectivity index (χ0) is 28.5. The lowest BCUT2D eigenvalue weighted by atomic mass is 9.82. The number of carboxylic acid groups (broad SMARTS) is 1. The molecule has 0 spiro atoms. The third kappa shape index (κ3) is 5.49. The number of rotatable bonds is 6. The van der Waals surface area contributed by atoms with E-state index in [-0.39, 0.29) is 23.6 Å². The van der Waals surface area contributed by atoms with Crippen LogP contribution in [0.4, 0.5) is 23.7 Å². The molecule has 0 unspecified atom stereocenters. The van der Waals surface area contributed by atoms with Crippen molar-refractivity contribution < 1.29 is 42.4 Å². The molecule has 2 aromatic heterocycles. The van der Waals surface area contributed by atoms with E-state index < -0.39 is 64.6 Å². The van der Waals surface area contributed by atoms with Gasteiger partial charge in [0.25, 0.3) is 5.91 Å². The number of carbonyl (C=O) groups excluding carboxylic acids is 1. The molecule has 0 radical (unpaired) electrons. The second-order valence-electron chi connectivity index (χ2n) is 9.11. The molecule has 4 atom stereocenters. The van der Waals surface area contributed by atoms with Gasteiger partial charge in [-0.2, -0.15) is 0 Å². The van der Waals surface area contributed by atoms with Crippen LogP contribution in [0.15, 0.2) is 42.7 Å². The number of nitrogens with zero attached hydrogens (tertiary/aromatic N) is 2. The Labute approximate surface area is 220 Å². The van der Waals surface area contributed by atoms with Crippen molar-refractivity contribution >= 4 is 17.7 Å². The van der Waals surface area contributed by atoms with Crippen molar-refractivity contribution in [2.24, 2.45) is 0 Å². The maximum Gasteiger partial charge on any atom is 0.404 e. The van der Waals surface area contributed by atoms with Gasteiger partial charge in [-0.1, -0.05) is 0 Å². The monoisotopic (exact) mass is 546 g/mol. The van der Waals surface area contributed by atoms with E-state index in [1.54, 1.807) is 13.0 Å². The first kappa shape index (κ1) is 27.8. The van der Waals surface area contributed by atoms with Crippen molar-refractivity contribution in [3.8, 4) is 17.0 Å². The molecule has 1 fully saturated rings. The Bertz CT molecular complexity index is 1420. The van der Waals surface area contributed by atoms with Gasteiger partial charge in [0.2, 0.25) is 0 Å². The summed E-state index contributed by atoms with van der Waals surface area (Å²) in [7, 11) is 1.16. The number of aliphatic hydroxyl groups is 1. The molecular formula is C26H25F3N4O6. The van der Waals surface area contributed by atoms with Gasteiger partial charge < -0.3 is 30.3 Å². The van der Waals surface area contributed by atoms with Gasteiger partial charge in [0.15, 0.2) is 11.6 Å². The molecule has 13 heteroatoms. The number of ether oxygens (including phenoxy) is 2. The van der Waals surface area contributed by atoms with Gasteiger partial charge in [-0.3, -0.25) is 9.78 Å². The molecule has 1 saturated heterocycles. The summed E-state index contributed by atoms with van der Waals surface area (Å²) in [6, 6.07) is 4.49. The van der Waals surface area contributed by atoms with Crippen molar-refractivity contribution in [2.45, 2.75) is 44.1 Å². The number of anilines is 1. The van der Waals surface area contributed by atoms with E-state index in [4.69, 9.17) is 9.47 Å². The minimum Gasteiger partial charge on any atom is -0.494 e. The van der Waals surface area contributed by atoms with Crippen LogP contribution in [0.25, 0.3) is 11.3 Å². The number of benzene rings is 1. The van der Waals surface area contributed by atoms with Gasteiger partial charge in [-0.25, -0.2) is 22.9 Å². The molecule has 3 aromatic rings. The summed E-state index contributed by atoms with van der Waals surface area (Å²) in [6.07, 6.45) is -0.0820. The van der Waals surface area contributed by atoms with Crippen LogP contribution >= 0.6 is 0 Å². The number of aromatic nitrogens is 2. The van der Waals surface area contributed by atoms with Gasteiger partial charge in [0.1, 0.15) is 28.6 Å². The molecular weight excluding hydrogens is 521 g/mol. The number of methoxy groups -OCH3 is 1. The second-order valence-corrected chi connectivity index (χ2v) is 9.11. The number of halogens is 3. The number of nitrogens with one attached hydrogen (secondary N) is 2. The summed E-state index contributed by atoms with van der Waals surface area (Å²) < 4.78 is 54.7. The number of hydrogen-bond donors (Lipinski definition) is 4. The van der Waals surface area contributed by atoms with E-state index in [1.165, 1.54) is 19.3 Å². The zero-order valence-electron chi connectivity index (χ0n) is 21.0. The Morgan fingerprint density at radius 2 is 1.87 bits per heavy atom. The van der Waals surface area contributed by atoms with Gasteiger partial charge in [-0.05, 0) is 44.2 Å². The molecule has 1 aromatic carbocycles. The Hall–Kier alpha value is -4.23. The molecule has 1 aliphatic rings. The van der Waals surface area contributed by atoms with Crippen LogP contribution in [0.5, 0.6) is 5.75 Å². The first-order valence-electron chi connectivity index (χ1n) is 11.8. The average Bonchev–Trinajstić information content (AvgIpc) is 2.88. The van der Waals surface area contributed by atoms with Crippen LogP contribution in [0.3, 0.4) is 0 Å². The van der Waals surface area contributed by atoms with E-state index >= 15 is 0 Å². The minimum absolute atomic E-state index is 0.0316. The molecule has 10 nitrogen and oxygen atoms in total. The van der Waals surface area contributed by atoms with Crippen molar-refractivity contribution in [3.63, 3.8) is 0 Å². The second kappa shape index (κ2) is 10.9. The lowest BCUT2D eigenvalue weighted by Crippen LogP contribution is -2.60. The van der Waals surface area contributed by atoms with Gasteiger partial charge in [-0.15, -0.1) is 0 Å². The highest BCUT2D eigenvalue weighted by Crippen LogP contribution is 2.39. The fourth-order valence-corrected chi connectivity index (χ4v) is 4.36. The van der Waals surface area contributed by atoms with E-state index in [9.17, 15) is 33.0 Å². The van der Waals surface area contributed by atoms with Gasteiger partial charge >= 0.3 is 6.09 Å². The van der Waals surface area contributed by atoms with Gasteiger partial charge in [0, 0.05) is 18.2 Å². The fraction of sp³-hybridized carbons (Fsp3) is 0.308. The Morgan fingerprint density at radius 1 is 1.15 bits per heavy atom. The number of carbonyl (C=O) groups is 2. The van der Waals surface area contributed by atoms with E-state index in [2.05, 4.69) is 20.6 Å². The van der Waals surface area contributed by atoms with Crippen molar-refractivity contribution in [1.29, 1.82) is 0 Å². The lowest BCUT2D eigenvalue weighted by Gasteiger charge is -2.45. The quantitative estimate of drug-likeness (QED) is 0.363. The Morgan fingerprint density at radius 3 is 2.56 bits per heavy atom. The molecule has 0 bridgehead atoms. The highest BCUT2D eigenvalue weighted by atomic mass is 19.1. The highest BCUT2D eigenvalue weighted by molar-refractivity contribution is 6.03. The molecule has 39 heavy (non-hydrogen) atoms.